The second kappa shape index (κ2) is 5.03. The highest BCUT2D eigenvalue weighted by atomic mass is 16.2. The molecule has 4 nitrogen and oxygen atoms in total. The lowest BCUT2D eigenvalue weighted by Crippen LogP contribution is -2.29. The van der Waals surface area contributed by atoms with Crippen molar-refractivity contribution < 1.29 is 9.59 Å². The zero-order chi connectivity index (χ0) is 13.2. The molecule has 2 fully saturated rings. The van der Waals surface area contributed by atoms with Crippen LogP contribution < -0.4 is 9.80 Å². The van der Waals surface area contributed by atoms with Gasteiger partial charge in [-0.05, 0) is 43.5 Å². The van der Waals surface area contributed by atoms with Gasteiger partial charge in [0.05, 0.1) is 13.0 Å². The first-order valence-electron chi connectivity index (χ1n) is 6.91. The van der Waals surface area contributed by atoms with Crippen molar-refractivity contribution in [1.82, 2.24) is 0 Å². The number of piperidine rings is 1. The average Bonchev–Trinajstić information content (AvgIpc) is 2.79. The normalized spacial score (nSPS) is 20.2. The van der Waals surface area contributed by atoms with Gasteiger partial charge in [-0.2, -0.15) is 0 Å². The summed E-state index contributed by atoms with van der Waals surface area (Å²) in [7, 11) is 0. The predicted molar refractivity (Wildman–Crippen MR) is 74.5 cm³/mol. The van der Waals surface area contributed by atoms with Crippen LogP contribution in [-0.2, 0) is 9.59 Å². The van der Waals surface area contributed by atoms with Gasteiger partial charge in [0, 0.05) is 24.5 Å². The molecular formula is C15H18N2O2. The van der Waals surface area contributed by atoms with E-state index < -0.39 is 0 Å². The van der Waals surface area contributed by atoms with E-state index in [9.17, 15) is 9.59 Å². The molecular weight excluding hydrogens is 240 g/mol. The van der Waals surface area contributed by atoms with Gasteiger partial charge in [-0.3, -0.25) is 9.59 Å². The Hall–Kier alpha value is -1.84. The Labute approximate surface area is 113 Å². The molecule has 0 aliphatic carbocycles. The standard InChI is InChI=1S/C15H18N2O2/c18-14-10-15(19)17(11-14)13-6-4-12(5-7-13)16-8-2-1-3-9-16/h4-7H,1-3,8-11H2. The molecule has 1 amide bonds. The monoisotopic (exact) mass is 258 g/mol. The highest BCUT2D eigenvalue weighted by Crippen LogP contribution is 2.25. The van der Waals surface area contributed by atoms with Gasteiger partial charge in [0.2, 0.25) is 5.91 Å². The Balaban J connectivity index is 1.75. The first-order valence-corrected chi connectivity index (χ1v) is 6.91. The fourth-order valence-electron chi connectivity index (χ4n) is 2.82. The summed E-state index contributed by atoms with van der Waals surface area (Å²) >= 11 is 0. The summed E-state index contributed by atoms with van der Waals surface area (Å²) in [5.74, 6) is -0.0826. The van der Waals surface area contributed by atoms with Gasteiger partial charge in [0.25, 0.3) is 0 Å². The molecule has 0 atom stereocenters. The Morgan fingerprint density at radius 1 is 0.842 bits per heavy atom. The van der Waals surface area contributed by atoms with Gasteiger partial charge in [-0.15, -0.1) is 0 Å². The Kier molecular flexibility index (Phi) is 3.23. The zero-order valence-electron chi connectivity index (χ0n) is 11.0. The van der Waals surface area contributed by atoms with Crippen molar-refractivity contribution in [2.75, 3.05) is 29.4 Å². The molecule has 0 saturated carbocycles. The molecule has 0 spiro atoms. The quantitative estimate of drug-likeness (QED) is 0.762. The summed E-state index contributed by atoms with van der Waals surface area (Å²) in [6.07, 6.45) is 3.87. The molecule has 0 aromatic heterocycles. The number of carbonyl (C=O) groups is 2. The fraction of sp³-hybridized carbons (Fsp3) is 0.467. The van der Waals surface area contributed by atoms with Crippen LogP contribution in [0.5, 0.6) is 0 Å². The number of hydrogen-bond acceptors (Lipinski definition) is 3. The summed E-state index contributed by atoms with van der Waals surface area (Å²) < 4.78 is 0. The van der Waals surface area contributed by atoms with Gasteiger partial charge in [0.15, 0.2) is 5.78 Å². The second-order valence-electron chi connectivity index (χ2n) is 5.26. The van der Waals surface area contributed by atoms with Gasteiger partial charge in [-0.1, -0.05) is 0 Å². The number of hydrogen-bond donors (Lipinski definition) is 0. The fourth-order valence-corrected chi connectivity index (χ4v) is 2.82. The van der Waals surface area contributed by atoms with Crippen LogP contribution in [0.3, 0.4) is 0 Å². The van der Waals surface area contributed by atoms with E-state index in [4.69, 9.17) is 0 Å². The molecule has 0 N–H and O–H groups in total. The number of benzene rings is 1. The third-order valence-electron chi connectivity index (χ3n) is 3.87. The summed E-state index contributed by atoms with van der Waals surface area (Å²) in [5.41, 5.74) is 2.04. The molecule has 100 valence electrons. The minimum absolute atomic E-state index is 0.00473. The van der Waals surface area contributed by atoms with E-state index in [-0.39, 0.29) is 24.7 Å². The second-order valence-corrected chi connectivity index (χ2v) is 5.26. The zero-order valence-corrected chi connectivity index (χ0v) is 11.0. The van der Waals surface area contributed by atoms with Gasteiger partial charge in [0.1, 0.15) is 0 Å². The number of Topliss-reactive ketones (excluding diaryl/α,β-unsaturated/α-hetero) is 1. The van der Waals surface area contributed by atoms with E-state index in [2.05, 4.69) is 17.0 Å². The van der Waals surface area contributed by atoms with Crippen molar-refractivity contribution in [3.05, 3.63) is 24.3 Å². The summed E-state index contributed by atoms with van der Waals surface area (Å²) in [6, 6.07) is 7.99. The largest absolute Gasteiger partial charge is 0.372 e. The molecule has 0 unspecified atom stereocenters. The van der Waals surface area contributed by atoms with Gasteiger partial charge in [-0.25, -0.2) is 0 Å². The van der Waals surface area contributed by atoms with Crippen molar-refractivity contribution in [1.29, 1.82) is 0 Å². The average molecular weight is 258 g/mol. The van der Waals surface area contributed by atoms with Crippen LogP contribution in [0, 0.1) is 0 Å². The minimum Gasteiger partial charge on any atom is -0.372 e. The van der Waals surface area contributed by atoms with Crippen LogP contribution in [0.15, 0.2) is 24.3 Å². The molecule has 19 heavy (non-hydrogen) atoms. The van der Waals surface area contributed by atoms with Crippen molar-refractivity contribution >= 4 is 23.1 Å². The van der Waals surface area contributed by atoms with E-state index in [1.54, 1.807) is 4.90 Å². The number of rotatable bonds is 2. The highest BCUT2D eigenvalue weighted by Gasteiger charge is 2.28. The number of ketones is 1. The Bertz CT molecular complexity index is 489. The maximum Gasteiger partial charge on any atom is 0.234 e. The van der Waals surface area contributed by atoms with E-state index in [0.29, 0.717) is 0 Å². The van der Waals surface area contributed by atoms with Crippen LogP contribution in [0.4, 0.5) is 11.4 Å². The van der Waals surface area contributed by atoms with Crippen molar-refractivity contribution in [3.8, 4) is 0 Å². The Morgan fingerprint density at radius 3 is 2.05 bits per heavy atom. The van der Waals surface area contributed by atoms with E-state index in [0.717, 1.165) is 18.8 Å². The molecule has 0 radical (unpaired) electrons. The molecule has 2 heterocycles. The molecule has 1 aromatic carbocycles. The third kappa shape index (κ3) is 2.48. The lowest BCUT2D eigenvalue weighted by molar-refractivity contribution is -0.121. The predicted octanol–water partition coefficient (Wildman–Crippen LogP) is 1.98. The smallest absolute Gasteiger partial charge is 0.234 e. The maximum atomic E-state index is 11.7. The van der Waals surface area contributed by atoms with Gasteiger partial charge < -0.3 is 9.80 Å². The molecule has 2 saturated heterocycles. The summed E-state index contributed by atoms with van der Waals surface area (Å²) in [4.78, 5) is 26.9. The maximum absolute atomic E-state index is 11.7. The molecule has 3 rings (SSSR count). The van der Waals surface area contributed by atoms with E-state index >= 15 is 0 Å². The minimum atomic E-state index is -0.0873. The van der Waals surface area contributed by atoms with Crippen LogP contribution in [0.25, 0.3) is 0 Å². The van der Waals surface area contributed by atoms with Crippen molar-refractivity contribution in [2.24, 2.45) is 0 Å². The number of nitrogens with zero attached hydrogens (tertiary/aromatic N) is 2. The lowest BCUT2D eigenvalue weighted by atomic mass is 10.1. The summed E-state index contributed by atoms with van der Waals surface area (Å²) in [6.45, 7) is 2.45. The molecule has 2 aliphatic rings. The molecule has 4 heteroatoms. The van der Waals surface area contributed by atoms with E-state index in [1.807, 2.05) is 12.1 Å². The number of amides is 1. The number of carbonyl (C=O) groups excluding carboxylic acids is 2. The molecule has 2 aliphatic heterocycles. The lowest BCUT2D eigenvalue weighted by Gasteiger charge is -2.29. The SMILES string of the molecule is O=C1CC(=O)N(c2ccc(N3CCCCC3)cc2)C1. The Morgan fingerprint density at radius 2 is 1.47 bits per heavy atom. The highest BCUT2D eigenvalue weighted by molar-refractivity contribution is 6.15. The van der Waals surface area contributed by atoms with Crippen LogP contribution >= 0.6 is 0 Å². The molecule has 0 bridgehead atoms. The first-order chi connectivity index (χ1) is 9.24. The third-order valence-corrected chi connectivity index (χ3v) is 3.87. The van der Waals surface area contributed by atoms with Crippen LogP contribution in [0.1, 0.15) is 25.7 Å². The van der Waals surface area contributed by atoms with E-state index in [1.165, 1.54) is 24.9 Å². The van der Waals surface area contributed by atoms with Crippen molar-refractivity contribution in [3.63, 3.8) is 0 Å². The topological polar surface area (TPSA) is 40.6 Å². The van der Waals surface area contributed by atoms with Crippen LogP contribution in [0.2, 0.25) is 0 Å². The first kappa shape index (κ1) is 12.2. The van der Waals surface area contributed by atoms with Crippen molar-refractivity contribution in [2.45, 2.75) is 25.7 Å². The van der Waals surface area contributed by atoms with Gasteiger partial charge >= 0.3 is 0 Å². The van der Waals surface area contributed by atoms with Crippen LogP contribution in [-0.4, -0.2) is 31.3 Å². The summed E-state index contributed by atoms with van der Waals surface area (Å²) in [5, 5.41) is 0. The molecule has 1 aromatic rings. The number of anilines is 2.